The molecule has 0 fully saturated rings. The van der Waals surface area contributed by atoms with Crippen LogP contribution in [-0.2, 0) is 19.4 Å². The maximum atomic E-state index is 4.47. The zero-order valence-corrected chi connectivity index (χ0v) is 10.6. The zero-order valence-electron chi connectivity index (χ0n) is 10.6. The SMILES string of the molecule is CNCc1ccc(-n2cnc3c2CCCC3)nn1. The summed E-state index contributed by atoms with van der Waals surface area (Å²) >= 11 is 0. The smallest absolute Gasteiger partial charge is 0.160 e. The molecule has 0 aliphatic heterocycles. The van der Waals surface area contributed by atoms with E-state index in [1.54, 1.807) is 0 Å². The van der Waals surface area contributed by atoms with Gasteiger partial charge in [-0.15, -0.1) is 5.10 Å². The Kier molecular flexibility index (Phi) is 3.06. The third-order valence-corrected chi connectivity index (χ3v) is 3.34. The summed E-state index contributed by atoms with van der Waals surface area (Å²) in [7, 11) is 1.90. The molecule has 1 N–H and O–H groups in total. The van der Waals surface area contributed by atoms with Crippen LogP contribution in [0.3, 0.4) is 0 Å². The Hall–Kier alpha value is -1.75. The van der Waals surface area contributed by atoms with Crippen molar-refractivity contribution in [2.75, 3.05) is 7.05 Å². The van der Waals surface area contributed by atoms with E-state index >= 15 is 0 Å². The predicted octanol–water partition coefficient (Wildman–Crippen LogP) is 1.26. The molecule has 2 aromatic heterocycles. The number of rotatable bonds is 3. The fourth-order valence-corrected chi connectivity index (χ4v) is 2.42. The van der Waals surface area contributed by atoms with E-state index in [4.69, 9.17) is 0 Å². The van der Waals surface area contributed by atoms with Crippen LogP contribution in [0.15, 0.2) is 18.5 Å². The molecular weight excluding hydrogens is 226 g/mol. The summed E-state index contributed by atoms with van der Waals surface area (Å²) in [4.78, 5) is 4.47. The second-order valence-corrected chi connectivity index (χ2v) is 4.63. The number of aromatic nitrogens is 4. The molecule has 3 rings (SSSR count). The summed E-state index contributed by atoms with van der Waals surface area (Å²) in [6, 6.07) is 4.02. The number of hydrogen-bond donors (Lipinski definition) is 1. The minimum Gasteiger partial charge on any atom is -0.314 e. The van der Waals surface area contributed by atoms with Crippen molar-refractivity contribution in [2.24, 2.45) is 0 Å². The maximum absolute atomic E-state index is 4.47. The van der Waals surface area contributed by atoms with Crippen LogP contribution in [-0.4, -0.2) is 26.8 Å². The van der Waals surface area contributed by atoms with Crippen molar-refractivity contribution in [2.45, 2.75) is 32.2 Å². The lowest BCUT2D eigenvalue weighted by Crippen LogP contribution is -2.11. The molecule has 1 aliphatic carbocycles. The summed E-state index contributed by atoms with van der Waals surface area (Å²) in [5, 5.41) is 11.6. The second-order valence-electron chi connectivity index (χ2n) is 4.63. The first-order valence-corrected chi connectivity index (χ1v) is 6.41. The van der Waals surface area contributed by atoms with E-state index in [0.717, 1.165) is 30.9 Å². The topological polar surface area (TPSA) is 55.6 Å². The zero-order chi connectivity index (χ0) is 12.4. The Morgan fingerprint density at radius 2 is 2.11 bits per heavy atom. The van der Waals surface area contributed by atoms with Crippen LogP contribution in [0.5, 0.6) is 0 Å². The molecule has 5 nitrogen and oxygen atoms in total. The predicted molar refractivity (Wildman–Crippen MR) is 68.6 cm³/mol. The molecule has 0 atom stereocenters. The van der Waals surface area contributed by atoms with Crippen LogP contribution in [0.2, 0.25) is 0 Å². The highest BCUT2D eigenvalue weighted by molar-refractivity contribution is 5.29. The molecule has 0 bridgehead atoms. The molecule has 2 aromatic rings. The lowest BCUT2D eigenvalue weighted by molar-refractivity contribution is 0.652. The average molecular weight is 243 g/mol. The molecule has 5 heteroatoms. The van der Waals surface area contributed by atoms with Gasteiger partial charge >= 0.3 is 0 Å². The molecule has 18 heavy (non-hydrogen) atoms. The lowest BCUT2D eigenvalue weighted by Gasteiger charge is -2.13. The van der Waals surface area contributed by atoms with Crippen molar-refractivity contribution in [3.63, 3.8) is 0 Å². The first-order valence-electron chi connectivity index (χ1n) is 6.41. The van der Waals surface area contributed by atoms with Gasteiger partial charge in [0.15, 0.2) is 5.82 Å². The van der Waals surface area contributed by atoms with E-state index in [-0.39, 0.29) is 0 Å². The quantitative estimate of drug-likeness (QED) is 0.881. The maximum Gasteiger partial charge on any atom is 0.160 e. The molecule has 0 spiro atoms. The van der Waals surface area contributed by atoms with Gasteiger partial charge in [-0.3, -0.25) is 4.57 Å². The molecular formula is C13H17N5. The van der Waals surface area contributed by atoms with Gasteiger partial charge in [0.1, 0.15) is 6.33 Å². The molecule has 0 radical (unpaired) electrons. The number of nitrogens with zero attached hydrogens (tertiary/aromatic N) is 4. The standard InChI is InChI=1S/C13H17N5/c1-14-8-10-6-7-13(17-16-10)18-9-15-11-4-2-3-5-12(11)18/h6-7,9,14H,2-5,8H2,1H3. The van der Waals surface area contributed by atoms with E-state index in [2.05, 4.69) is 25.1 Å². The first kappa shape index (κ1) is 11.3. The Balaban J connectivity index is 1.92. The molecule has 0 aromatic carbocycles. The van der Waals surface area contributed by atoms with Gasteiger partial charge in [-0.05, 0) is 44.9 Å². The summed E-state index contributed by atoms with van der Waals surface area (Å²) in [5.74, 6) is 0.866. The van der Waals surface area contributed by atoms with Crippen molar-refractivity contribution in [1.29, 1.82) is 0 Å². The van der Waals surface area contributed by atoms with Crippen LogP contribution in [0.25, 0.3) is 5.82 Å². The van der Waals surface area contributed by atoms with E-state index in [9.17, 15) is 0 Å². The first-order chi connectivity index (χ1) is 8.88. The Morgan fingerprint density at radius 1 is 1.22 bits per heavy atom. The second kappa shape index (κ2) is 4.86. The summed E-state index contributed by atoms with van der Waals surface area (Å²) in [6.45, 7) is 0.745. The van der Waals surface area contributed by atoms with E-state index in [1.165, 1.54) is 24.2 Å². The van der Waals surface area contributed by atoms with Gasteiger partial charge in [0, 0.05) is 12.2 Å². The lowest BCUT2D eigenvalue weighted by atomic mass is 10.0. The van der Waals surface area contributed by atoms with Gasteiger partial charge in [0.25, 0.3) is 0 Å². The highest BCUT2D eigenvalue weighted by atomic mass is 15.2. The number of nitrogens with one attached hydrogen (secondary N) is 1. The summed E-state index contributed by atoms with van der Waals surface area (Å²) in [6.07, 6.45) is 6.54. The number of imidazole rings is 1. The van der Waals surface area contributed by atoms with Gasteiger partial charge in [0.2, 0.25) is 0 Å². The molecule has 0 unspecified atom stereocenters. The van der Waals surface area contributed by atoms with E-state index in [1.807, 2.05) is 25.5 Å². The van der Waals surface area contributed by atoms with Gasteiger partial charge in [-0.2, -0.15) is 5.10 Å². The third-order valence-electron chi connectivity index (χ3n) is 3.34. The highest BCUT2D eigenvalue weighted by Gasteiger charge is 2.16. The Morgan fingerprint density at radius 3 is 2.89 bits per heavy atom. The van der Waals surface area contributed by atoms with Crippen molar-refractivity contribution < 1.29 is 0 Å². The molecule has 0 amide bonds. The van der Waals surface area contributed by atoms with Crippen molar-refractivity contribution in [3.05, 3.63) is 35.5 Å². The van der Waals surface area contributed by atoms with E-state index < -0.39 is 0 Å². The van der Waals surface area contributed by atoms with Gasteiger partial charge < -0.3 is 5.32 Å². The van der Waals surface area contributed by atoms with Crippen molar-refractivity contribution >= 4 is 0 Å². The van der Waals surface area contributed by atoms with Gasteiger partial charge in [-0.25, -0.2) is 4.98 Å². The van der Waals surface area contributed by atoms with Gasteiger partial charge in [0.05, 0.1) is 11.4 Å². The minimum atomic E-state index is 0.745. The third kappa shape index (κ3) is 2.01. The normalized spacial score (nSPS) is 14.5. The van der Waals surface area contributed by atoms with Crippen molar-refractivity contribution in [1.82, 2.24) is 25.1 Å². The van der Waals surface area contributed by atoms with Gasteiger partial charge in [-0.1, -0.05) is 0 Å². The van der Waals surface area contributed by atoms with Crippen LogP contribution in [0.1, 0.15) is 29.9 Å². The highest BCUT2D eigenvalue weighted by Crippen LogP contribution is 2.21. The Bertz CT molecular complexity index is 529. The molecule has 2 heterocycles. The fourth-order valence-electron chi connectivity index (χ4n) is 2.42. The molecule has 1 aliphatic rings. The number of hydrogen-bond acceptors (Lipinski definition) is 4. The largest absolute Gasteiger partial charge is 0.314 e. The average Bonchev–Trinajstić information content (AvgIpc) is 2.84. The molecule has 0 saturated heterocycles. The number of fused-ring (bicyclic) bond motifs is 1. The molecule has 0 saturated carbocycles. The Labute approximate surface area is 106 Å². The van der Waals surface area contributed by atoms with Crippen molar-refractivity contribution in [3.8, 4) is 5.82 Å². The van der Waals surface area contributed by atoms with E-state index in [0.29, 0.717) is 0 Å². The minimum absolute atomic E-state index is 0.745. The van der Waals surface area contributed by atoms with Crippen LogP contribution >= 0.6 is 0 Å². The fraction of sp³-hybridized carbons (Fsp3) is 0.462. The monoisotopic (exact) mass is 243 g/mol. The molecule has 94 valence electrons. The summed E-state index contributed by atoms with van der Waals surface area (Å²) < 4.78 is 2.07. The van der Waals surface area contributed by atoms with Crippen LogP contribution in [0, 0.1) is 0 Å². The van der Waals surface area contributed by atoms with Crippen LogP contribution < -0.4 is 5.32 Å². The summed E-state index contributed by atoms with van der Waals surface area (Å²) in [5.41, 5.74) is 3.48. The number of aryl methyl sites for hydroxylation is 1. The van der Waals surface area contributed by atoms with Crippen LogP contribution in [0.4, 0.5) is 0 Å².